The predicted octanol–water partition coefficient (Wildman–Crippen LogP) is 3.09. The van der Waals surface area contributed by atoms with Crippen LogP contribution in [0.4, 0.5) is 0 Å². The molecule has 28 heavy (non-hydrogen) atoms. The van der Waals surface area contributed by atoms with Crippen LogP contribution >= 0.6 is 11.3 Å². The number of aryl methyl sites for hydroxylation is 2. The van der Waals surface area contributed by atoms with E-state index in [9.17, 15) is 14.4 Å². The van der Waals surface area contributed by atoms with Crippen molar-refractivity contribution in [1.29, 1.82) is 0 Å². The molecule has 3 rings (SSSR count). The van der Waals surface area contributed by atoms with Gasteiger partial charge in [0.2, 0.25) is 5.91 Å². The van der Waals surface area contributed by atoms with Gasteiger partial charge in [0.15, 0.2) is 0 Å². The molecule has 1 amide bonds. The molecule has 0 aliphatic rings. The zero-order chi connectivity index (χ0) is 20.4. The summed E-state index contributed by atoms with van der Waals surface area (Å²) < 4.78 is 3.09. The van der Waals surface area contributed by atoms with Crippen LogP contribution in [-0.4, -0.2) is 33.5 Å². The molecule has 0 unspecified atom stereocenters. The molecule has 3 aromatic rings. The average molecular weight is 400 g/mol. The first-order chi connectivity index (χ1) is 13.3. The molecule has 0 aliphatic heterocycles. The molecule has 0 N–H and O–H groups in total. The van der Waals surface area contributed by atoms with Crippen LogP contribution in [0.25, 0.3) is 15.9 Å². The maximum Gasteiger partial charge on any atom is 0.336 e. The van der Waals surface area contributed by atoms with Crippen molar-refractivity contribution in [3.8, 4) is 5.69 Å². The highest BCUT2D eigenvalue weighted by molar-refractivity contribution is 7.17. The molecule has 7 heteroatoms. The normalized spacial score (nSPS) is 11.1. The molecular formula is C21H25N3O3S. The summed E-state index contributed by atoms with van der Waals surface area (Å²) in [6.45, 7) is 6.42. The van der Waals surface area contributed by atoms with Crippen molar-refractivity contribution in [3.63, 3.8) is 0 Å². The van der Waals surface area contributed by atoms with E-state index in [1.54, 1.807) is 23.4 Å². The number of aromatic nitrogens is 2. The molecule has 0 aliphatic carbocycles. The summed E-state index contributed by atoms with van der Waals surface area (Å²) in [6.07, 6.45) is 1.90. The Labute approximate surface area is 167 Å². The maximum absolute atomic E-state index is 13.3. The number of hydrogen-bond donors (Lipinski definition) is 0. The van der Waals surface area contributed by atoms with E-state index >= 15 is 0 Å². The zero-order valence-electron chi connectivity index (χ0n) is 16.7. The highest BCUT2D eigenvalue weighted by atomic mass is 32.1. The lowest BCUT2D eigenvalue weighted by Gasteiger charge is -2.19. The summed E-state index contributed by atoms with van der Waals surface area (Å²) >= 11 is 1.29. The molecule has 2 aromatic heterocycles. The quantitative estimate of drug-likeness (QED) is 0.640. The predicted molar refractivity (Wildman–Crippen MR) is 114 cm³/mol. The second-order valence-corrected chi connectivity index (χ2v) is 8.02. The Balaban J connectivity index is 2.18. The number of benzene rings is 1. The molecule has 6 nitrogen and oxygen atoms in total. The van der Waals surface area contributed by atoms with Gasteiger partial charge < -0.3 is 4.90 Å². The molecule has 0 radical (unpaired) electrons. The molecule has 1 aromatic carbocycles. The number of carbonyl (C=O) groups is 1. The number of amides is 1. The van der Waals surface area contributed by atoms with E-state index in [4.69, 9.17) is 0 Å². The van der Waals surface area contributed by atoms with Crippen LogP contribution in [0.5, 0.6) is 0 Å². The second kappa shape index (κ2) is 8.14. The number of nitrogens with zero attached hydrogens (tertiary/aromatic N) is 3. The first kappa shape index (κ1) is 20.1. The number of rotatable bonds is 6. The molecular weight excluding hydrogens is 374 g/mol. The third-order valence-electron chi connectivity index (χ3n) is 4.93. The average Bonchev–Trinajstić information content (AvgIpc) is 3.15. The van der Waals surface area contributed by atoms with Gasteiger partial charge in [-0.1, -0.05) is 25.5 Å². The Morgan fingerprint density at radius 2 is 1.93 bits per heavy atom. The standard InChI is InChI=1S/C21H25N3O3S/c1-5-6-10-22(4)18(25)13-23-16-9-11-28-19(16)20(26)24(21(23)27)17-12-14(2)7-8-15(17)3/h7-9,11-12H,5-6,10,13H2,1-4H3. The lowest BCUT2D eigenvalue weighted by atomic mass is 10.1. The van der Waals surface area contributed by atoms with Crippen LogP contribution in [0.1, 0.15) is 30.9 Å². The van der Waals surface area contributed by atoms with E-state index in [1.807, 2.05) is 32.0 Å². The van der Waals surface area contributed by atoms with Crippen molar-refractivity contribution in [1.82, 2.24) is 14.0 Å². The fourth-order valence-electron chi connectivity index (χ4n) is 3.19. The van der Waals surface area contributed by atoms with Gasteiger partial charge >= 0.3 is 5.69 Å². The minimum Gasteiger partial charge on any atom is -0.344 e. The van der Waals surface area contributed by atoms with Crippen LogP contribution in [0, 0.1) is 13.8 Å². The highest BCUT2D eigenvalue weighted by Gasteiger charge is 2.19. The van der Waals surface area contributed by atoms with Crippen molar-refractivity contribution < 1.29 is 4.79 Å². The van der Waals surface area contributed by atoms with Gasteiger partial charge in [-0.3, -0.25) is 14.2 Å². The number of carbonyl (C=O) groups excluding carboxylic acids is 1. The molecule has 2 heterocycles. The van der Waals surface area contributed by atoms with Crippen LogP contribution in [0.2, 0.25) is 0 Å². The van der Waals surface area contributed by atoms with Gasteiger partial charge in [0.25, 0.3) is 5.56 Å². The van der Waals surface area contributed by atoms with Crippen molar-refractivity contribution in [2.75, 3.05) is 13.6 Å². The Kier molecular flexibility index (Phi) is 5.84. The minimum atomic E-state index is -0.484. The Morgan fingerprint density at radius 3 is 2.64 bits per heavy atom. The third-order valence-corrected chi connectivity index (χ3v) is 5.82. The Hall–Kier alpha value is -2.67. The van der Waals surface area contributed by atoms with E-state index in [0.717, 1.165) is 24.0 Å². The lowest BCUT2D eigenvalue weighted by Crippen LogP contribution is -2.42. The number of likely N-dealkylation sites (N-methyl/N-ethyl adjacent to an activating group) is 1. The van der Waals surface area contributed by atoms with Gasteiger partial charge in [0, 0.05) is 13.6 Å². The van der Waals surface area contributed by atoms with Gasteiger partial charge in [-0.15, -0.1) is 11.3 Å². The number of unbranched alkanes of at least 4 members (excludes halogenated alkanes) is 1. The fraction of sp³-hybridized carbons (Fsp3) is 0.381. The van der Waals surface area contributed by atoms with Gasteiger partial charge in [0.1, 0.15) is 11.2 Å². The van der Waals surface area contributed by atoms with Gasteiger partial charge in [-0.25, -0.2) is 9.36 Å². The molecule has 0 spiro atoms. The number of hydrogen-bond acceptors (Lipinski definition) is 4. The third kappa shape index (κ3) is 3.67. The van der Waals surface area contributed by atoms with Crippen molar-refractivity contribution >= 4 is 27.5 Å². The van der Waals surface area contributed by atoms with Gasteiger partial charge in [0.05, 0.1) is 11.2 Å². The summed E-state index contributed by atoms with van der Waals surface area (Å²) in [6, 6.07) is 7.40. The van der Waals surface area contributed by atoms with Crippen LogP contribution in [-0.2, 0) is 11.3 Å². The minimum absolute atomic E-state index is 0.0859. The van der Waals surface area contributed by atoms with E-state index in [-0.39, 0.29) is 18.0 Å². The second-order valence-electron chi connectivity index (χ2n) is 7.10. The van der Waals surface area contributed by atoms with E-state index < -0.39 is 5.69 Å². The summed E-state index contributed by atoms with van der Waals surface area (Å²) in [5, 5.41) is 1.78. The summed E-state index contributed by atoms with van der Waals surface area (Å²) in [7, 11) is 1.74. The summed E-state index contributed by atoms with van der Waals surface area (Å²) in [5.74, 6) is -0.144. The summed E-state index contributed by atoms with van der Waals surface area (Å²) in [5.41, 5.74) is 2.04. The Morgan fingerprint density at radius 1 is 1.18 bits per heavy atom. The van der Waals surface area contributed by atoms with Crippen LogP contribution in [0.3, 0.4) is 0 Å². The van der Waals surface area contributed by atoms with Crippen LogP contribution < -0.4 is 11.2 Å². The van der Waals surface area contributed by atoms with Gasteiger partial charge in [-0.05, 0) is 48.9 Å². The lowest BCUT2D eigenvalue weighted by molar-refractivity contribution is -0.130. The molecule has 0 saturated carbocycles. The largest absolute Gasteiger partial charge is 0.344 e. The van der Waals surface area contributed by atoms with Crippen molar-refractivity contribution in [2.24, 2.45) is 0 Å². The SMILES string of the molecule is CCCCN(C)C(=O)Cn1c(=O)n(-c2cc(C)ccc2C)c(=O)c2sccc21. The van der Waals surface area contributed by atoms with Crippen molar-refractivity contribution in [3.05, 3.63) is 61.6 Å². The molecule has 0 saturated heterocycles. The topological polar surface area (TPSA) is 64.3 Å². The van der Waals surface area contributed by atoms with Gasteiger partial charge in [-0.2, -0.15) is 0 Å². The first-order valence-corrected chi connectivity index (χ1v) is 10.3. The maximum atomic E-state index is 13.3. The molecule has 0 fully saturated rings. The fourth-order valence-corrected chi connectivity index (χ4v) is 4.01. The van der Waals surface area contributed by atoms with E-state index in [0.29, 0.717) is 22.4 Å². The van der Waals surface area contributed by atoms with Crippen LogP contribution in [0.15, 0.2) is 39.2 Å². The Bertz CT molecular complexity index is 1140. The van der Waals surface area contributed by atoms with E-state index in [2.05, 4.69) is 6.92 Å². The smallest absolute Gasteiger partial charge is 0.336 e. The van der Waals surface area contributed by atoms with Crippen molar-refractivity contribution in [2.45, 2.75) is 40.2 Å². The summed E-state index contributed by atoms with van der Waals surface area (Å²) in [4.78, 5) is 40.7. The molecule has 0 bridgehead atoms. The number of fused-ring (bicyclic) bond motifs is 1. The number of thiophene rings is 1. The monoisotopic (exact) mass is 399 g/mol. The molecule has 0 atom stereocenters. The zero-order valence-corrected chi connectivity index (χ0v) is 17.5. The van der Waals surface area contributed by atoms with E-state index in [1.165, 1.54) is 20.5 Å². The molecule has 148 valence electrons. The highest BCUT2D eigenvalue weighted by Crippen LogP contribution is 2.18. The first-order valence-electron chi connectivity index (χ1n) is 9.39.